The Balaban J connectivity index is 1.75. The molecule has 0 unspecified atom stereocenters. The molecule has 2 aromatic rings. The third-order valence-electron chi connectivity index (χ3n) is 8.35. The van der Waals surface area contributed by atoms with Gasteiger partial charge in [-0.05, 0) is 56.2 Å². The summed E-state index contributed by atoms with van der Waals surface area (Å²) in [6.07, 6.45) is 6.62. The number of guanidine groups is 1. The van der Waals surface area contributed by atoms with Gasteiger partial charge in [-0.3, -0.25) is 14.4 Å². The van der Waals surface area contributed by atoms with Crippen molar-refractivity contribution in [3.63, 3.8) is 0 Å². The van der Waals surface area contributed by atoms with E-state index < -0.39 is 18.0 Å². The maximum Gasteiger partial charge on any atom is 0.252 e. The smallest absolute Gasteiger partial charge is 0.252 e. The number of benzene rings is 2. The fourth-order valence-electron chi connectivity index (χ4n) is 5.97. The Bertz CT molecular complexity index is 1320. The lowest BCUT2D eigenvalue weighted by atomic mass is 9.79. The van der Waals surface area contributed by atoms with Crippen molar-refractivity contribution in [3.05, 3.63) is 64.7 Å². The molecule has 1 saturated carbocycles. The maximum absolute atomic E-state index is 13.8. The molecule has 246 valence electrons. The van der Waals surface area contributed by atoms with Gasteiger partial charge in [0.1, 0.15) is 17.8 Å². The molecule has 1 aliphatic rings. The van der Waals surface area contributed by atoms with Crippen LogP contribution in [-0.4, -0.2) is 48.9 Å². The summed E-state index contributed by atoms with van der Waals surface area (Å²) in [4.78, 5) is 44.8. The first-order valence-electron chi connectivity index (χ1n) is 16.2. The van der Waals surface area contributed by atoms with Gasteiger partial charge in [-0.2, -0.15) is 0 Å². The molecule has 0 aromatic heterocycles. The zero-order valence-corrected chi connectivity index (χ0v) is 27.5. The quantitative estimate of drug-likeness (QED) is 0.146. The molecule has 1 aliphatic carbocycles. The summed E-state index contributed by atoms with van der Waals surface area (Å²) in [7, 11) is 1.50. The molecule has 0 bridgehead atoms. The van der Waals surface area contributed by atoms with Crippen molar-refractivity contribution < 1.29 is 19.1 Å². The highest BCUT2D eigenvalue weighted by atomic mass is 16.5. The number of nitrogens with zero attached hydrogens (tertiary/aromatic N) is 1. The topological polar surface area (TPSA) is 161 Å². The van der Waals surface area contributed by atoms with Crippen LogP contribution in [0.1, 0.15) is 105 Å². The van der Waals surface area contributed by atoms with Crippen molar-refractivity contribution in [3.8, 4) is 5.75 Å². The number of rotatable bonds is 15. The average Bonchev–Trinajstić information content (AvgIpc) is 3.01. The van der Waals surface area contributed by atoms with E-state index in [-0.39, 0.29) is 42.2 Å². The van der Waals surface area contributed by atoms with Crippen LogP contribution in [0.2, 0.25) is 0 Å². The van der Waals surface area contributed by atoms with E-state index in [2.05, 4.69) is 52.1 Å². The lowest BCUT2D eigenvalue weighted by Gasteiger charge is -2.34. The van der Waals surface area contributed by atoms with E-state index in [9.17, 15) is 14.4 Å². The number of aryl methyl sites for hydroxylation is 1. The second-order valence-electron chi connectivity index (χ2n) is 12.5. The minimum absolute atomic E-state index is 0.000131. The van der Waals surface area contributed by atoms with Crippen LogP contribution in [0.25, 0.3) is 0 Å². The van der Waals surface area contributed by atoms with E-state index in [1.165, 1.54) is 18.2 Å². The summed E-state index contributed by atoms with van der Waals surface area (Å²) in [5.41, 5.74) is 14.4. The summed E-state index contributed by atoms with van der Waals surface area (Å²) in [5, 5.41) is 9.20. The van der Waals surface area contributed by atoms with Gasteiger partial charge in [0, 0.05) is 23.1 Å². The normalized spacial score (nSPS) is 17.6. The van der Waals surface area contributed by atoms with Crippen molar-refractivity contribution in [1.29, 1.82) is 0 Å². The molecule has 45 heavy (non-hydrogen) atoms. The Morgan fingerprint density at radius 2 is 1.76 bits per heavy atom. The van der Waals surface area contributed by atoms with Gasteiger partial charge in [0.2, 0.25) is 11.8 Å². The summed E-state index contributed by atoms with van der Waals surface area (Å²) in [5.74, 6) is -0.131. The van der Waals surface area contributed by atoms with Crippen molar-refractivity contribution in [2.45, 2.75) is 110 Å². The number of nitrogens with one attached hydrogen (secondary N) is 3. The Morgan fingerprint density at radius 1 is 1.00 bits per heavy atom. The summed E-state index contributed by atoms with van der Waals surface area (Å²) >= 11 is 0. The van der Waals surface area contributed by atoms with Gasteiger partial charge in [0.15, 0.2) is 5.96 Å². The number of ether oxygens (including phenoxy) is 1. The predicted molar refractivity (Wildman–Crippen MR) is 179 cm³/mol. The fraction of sp³-hybridized carbons (Fsp3) is 0.543. The lowest BCUT2D eigenvalue weighted by molar-refractivity contribution is -0.131. The molecule has 10 heteroatoms. The molecular formula is C35H52N6O4. The van der Waals surface area contributed by atoms with E-state index in [0.29, 0.717) is 29.7 Å². The molecule has 1 fully saturated rings. The van der Waals surface area contributed by atoms with Crippen LogP contribution in [0.15, 0.2) is 47.5 Å². The molecule has 3 rings (SSSR count). The van der Waals surface area contributed by atoms with Gasteiger partial charge in [0.05, 0.1) is 13.7 Å². The Labute approximate surface area is 268 Å². The first-order chi connectivity index (χ1) is 21.5. The van der Waals surface area contributed by atoms with E-state index in [4.69, 9.17) is 16.2 Å². The number of hydrogen-bond acceptors (Lipinski definition) is 5. The number of amides is 3. The third-order valence-corrected chi connectivity index (χ3v) is 8.35. The van der Waals surface area contributed by atoms with Crippen LogP contribution in [-0.2, 0) is 16.1 Å². The number of carbonyl (C=O) groups is 3. The second-order valence-corrected chi connectivity index (χ2v) is 12.5. The molecule has 0 saturated heterocycles. The summed E-state index contributed by atoms with van der Waals surface area (Å²) < 4.78 is 5.45. The van der Waals surface area contributed by atoms with Crippen LogP contribution < -0.4 is 32.2 Å². The van der Waals surface area contributed by atoms with Gasteiger partial charge >= 0.3 is 0 Å². The minimum atomic E-state index is -0.804. The number of unbranched alkanes of at least 4 members (excludes halogenated alkanes) is 1. The number of methoxy groups -OCH3 is 1. The predicted octanol–water partition coefficient (Wildman–Crippen LogP) is 4.44. The molecule has 2 aromatic carbocycles. The van der Waals surface area contributed by atoms with Crippen LogP contribution in [0.5, 0.6) is 5.75 Å². The molecule has 3 amide bonds. The zero-order valence-electron chi connectivity index (χ0n) is 27.5. The fourth-order valence-corrected chi connectivity index (χ4v) is 5.97. The number of nitrogens with two attached hydrogens (primary N) is 2. The highest BCUT2D eigenvalue weighted by Crippen LogP contribution is 2.33. The van der Waals surface area contributed by atoms with E-state index >= 15 is 0 Å². The summed E-state index contributed by atoms with van der Waals surface area (Å²) in [6.45, 7) is 8.39. The molecule has 7 N–H and O–H groups in total. The summed E-state index contributed by atoms with van der Waals surface area (Å²) in [6, 6.07) is 12.0. The molecule has 0 radical (unpaired) electrons. The Morgan fingerprint density at radius 3 is 2.42 bits per heavy atom. The van der Waals surface area contributed by atoms with E-state index in [0.717, 1.165) is 38.5 Å². The van der Waals surface area contributed by atoms with Gasteiger partial charge in [-0.1, -0.05) is 82.3 Å². The molecule has 0 spiro atoms. The van der Waals surface area contributed by atoms with Gasteiger partial charge in [-0.25, -0.2) is 4.99 Å². The first kappa shape index (κ1) is 35.4. The van der Waals surface area contributed by atoms with Gasteiger partial charge in [-0.15, -0.1) is 0 Å². The Hall–Kier alpha value is -4.08. The second kappa shape index (κ2) is 17.4. The average molecular weight is 621 g/mol. The zero-order chi connectivity index (χ0) is 32.9. The number of aliphatic imine (C=N–C) groups is 1. The number of carbonyl (C=O) groups excluding carboxylic acids is 3. The monoisotopic (exact) mass is 620 g/mol. The SMILES string of the molecule is CCCC[C@H](NC(=O)c1ccc(CN=C(N)N)c(OC)c1)C(=O)N[C@@H](CC(C)C)C(=O)N[C@@H]1CCCC[C@H]1c1cccc(C)c1. The Kier molecular flexibility index (Phi) is 13.7. The van der Waals surface area contributed by atoms with Crippen molar-refractivity contribution in [2.75, 3.05) is 7.11 Å². The first-order valence-corrected chi connectivity index (χ1v) is 16.2. The molecular weight excluding hydrogens is 568 g/mol. The maximum atomic E-state index is 13.8. The van der Waals surface area contributed by atoms with Crippen LogP contribution >= 0.6 is 0 Å². The van der Waals surface area contributed by atoms with Crippen LogP contribution in [0.4, 0.5) is 0 Å². The highest BCUT2D eigenvalue weighted by molar-refractivity contribution is 5.98. The highest BCUT2D eigenvalue weighted by Gasteiger charge is 2.32. The van der Waals surface area contributed by atoms with E-state index in [1.54, 1.807) is 18.2 Å². The minimum Gasteiger partial charge on any atom is -0.496 e. The lowest BCUT2D eigenvalue weighted by Crippen LogP contribution is -2.56. The number of hydrogen-bond donors (Lipinski definition) is 5. The molecule has 4 atom stereocenters. The molecule has 10 nitrogen and oxygen atoms in total. The third kappa shape index (κ3) is 10.8. The van der Waals surface area contributed by atoms with Crippen molar-refractivity contribution >= 4 is 23.7 Å². The standard InChI is InChI=1S/C35H52N6O4/c1-6-7-14-29(40-32(42)25-16-17-26(21-38-35(36)37)31(20-25)45-5)33(43)41-30(18-22(2)3)34(44)39-28-15-9-8-13-27(28)24-12-10-11-23(4)19-24/h10-12,16-17,19-20,22,27-30H,6-9,13-15,18,21H2,1-5H3,(H,39,44)(H,40,42)(H,41,43)(H4,36,37,38)/t27-,28+,29-,30-/m0/s1. The largest absolute Gasteiger partial charge is 0.496 e. The van der Waals surface area contributed by atoms with Crippen LogP contribution in [0, 0.1) is 12.8 Å². The van der Waals surface area contributed by atoms with Crippen LogP contribution in [0.3, 0.4) is 0 Å². The molecule has 0 aliphatic heterocycles. The van der Waals surface area contributed by atoms with Crippen molar-refractivity contribution in [2.24, 2.45) is 22.4 Å². The van der Waals surface area contributed by atoms with Crippen molar-refractivity contribution in [1.82, 2.24) is 16.0 Å². The molecule has 0 heterocycles. The van der Waals surface area contributed by atoms with Gasteiger partial charge < -0.3 is 32.2 Å². The van der Waals surface area contributed by atoms with Gasteiger partial charge in [0.25, 0.3) is 5.91 Å². The van der Waals surface area contributed by atoms with E-state index in [1.807, 2.05) is 20.8 Å².